The van der Waals surface area contributed by atoms with E-state index in [1.165, 1.54) is 24.5 Å². The molecular formula is C74H49F15Ir6N6O-6. The predicted molar refractivity (Wildman–Crippen MR) is 331 cm³/mol. The number of halogens is 15. The van der Waals surface area contributed by atoms with Gasteiger partial charge in [-0.1, -0.05) is 107 Å². The van der Waals surface area contributed by atoms with Crippen molar-refractivity contribution in [2.24, 2.45) is 0 Å². The molecule has 6 aromatic carbocycles. The van der Waals surface area contributed by atoms with Gasteiger partial charge in [0.2, 0.25) is 0 Å². The summed E-state index contributed by atoms with van der Waals surface area (Å²) in [5, 5.41) is 0. The Morgan fingerprint density at radius 1 is 0.314 bits per heavy atom. The van der Waals surface area contributed by atoms with E-state index in [-0.39, 0.29) is 155 Å². The van der Waals surface area contributed by atoms with Gasteiger partial charge in [0.1, 0.15) is 0 Å². The normalized spacial score (nSPS) is 10.3. The molecule has 546 valence electrons. The molecule has 0 saturated carbocycles. The van der Waals surface area contributed by atoms with Gasteiger partial charge in [-0.3, -0.25) is 26.3 Å². The topological polar surface area (TPSA) is 86.6 Å². The fourth-order valence-corrected chi connectivity index (χ4v) is 8.23. The first kappa shape index (κ1) is 92.9. The van der Waals surface area contributed by atoms with E-state index in [2.05, 4.69) is 66.3 Å². The minimum Gasteiger partial charge on any atom is -0.540 e. The number of hydrogen-bond acceptors (Lipinski definition) is 7. The van der Waals surface area contributed by atoms with Gasteiger partial charge in [0.05, 0.1) is 7.11 Å². The first-order chi connectivity index (χ1) is 45.6. The Kier molecular flexibility index (Phi) is 39.9. The Morgan fingerprint density at radius 3 is 1.13 bits per heavy atom. The number of rotatable bonds is 7. The summed E-state index contributed by atoms with van der Waals surface area (Å²) < 4.78 is 197. The summed E-state index contributed by atoms with van der Waals surface area (Å²) in [5.41, 5.74) is 3.69. The summed E-state index contributed by atoms with van der Waals surface area (Å²) in [6.45, 7) is 7.05. The van der Waals surface area contributed by atoms with Crippen LogP contribution in [0.25, 0.3) is 67.5 Å². The zero-order valence-electron chi connectivity index (χ0n) is 52.9. The summed E-state index contributed by atoms with van der Waals surface area (Å²) >= 11 is 0. The van der Waals surface area contributed by atoms with Gasteiger partial charge in [0.25, 0.3) is 0 Å². The van der Waals surface area contributed by atoms with E-state index in [9.17, 15) is 65.9 Å². The maximum Gasteiger partial charge on any atom is 0.402 e. The van der Waals surface area contributed by atoms with Crippen LogP contribution in [0.5, 0.6) is 5.75 Å². The van der Waals surface area contributed by atoms with Crippen LogP contribution in [-0.4, -0.2) is 37.0 Å². The standard InChI is InChI=1S/C14H8F6N.C13H8F4N.C12H8F2N.C12H9FN.C12H10NO.C11H6F2N.6Ir/c1-8-4-5-21-12(6-8)10-3-2-9(13(15,16)17)7-11(10)14(18,19)20;1-8-4-5-18-12(6-8)9-2-3-11(14)10(7-9)13(15,16)17;1-8-4-5-15-12(6-8)10-3-2-9(13)7-11(10)14;1-9-8-10(5-6-11(9)13)12-4-2-3-7-14-12;1-14-11-7-5-10(6-8-11)12-4-2-3-9-13-12;12-8-4-5-9(10(13)7-8)11-3-1-2-6-14-11;;;;;;/h2,4-7H,1H3;3-7H,1H3;2,4-7H,1H3;2-4,6-8H,1H3;2-5,7-9H,1H3;1-4,6-7H;;;;;;/q6*-1;;;;;;. The molecule has 12 aromatic rings. The Hall–Kier alpha value is -7.13. The number of aryl methyl sites for hydroxylation is 4. The van der Waals surface area contributed by atoms with Crippen molar-refractivity contribution in [1.29, 1.82) is 0 Å². The zero-order chi connectivity index (χ0) is 69.7. The van der Waals surface area contributed by atoms with E-state index in [1.807, 2.05) is 67.6 Å². The van der Waals surface area contributed by atoms with E-state index in [0.717, 1.165) is 69.7 Å². The second kappa shape index (κ2) is 43.9. The summed E-state index contributed by atoms with van der Waals surface area (Å²) in [6, 6.07) is 56.4. The van der Waals surface area contributed by atoms with E-state index in [1.54, 1.807) is 101 Å². The molecular weight excluding hydrogens is 2430 g/mol. The number of aromatic nitrogens is 6. The second-order valence-corrected chi connectivity index (χ2v) is 20.2. The summed E-state index contributed by atoms with van der Waals surface area (Å²) in [7, 11) is 1.64. The molecule has 0 aliphatic rings. The van der Waals surface area contributed by atoms with Crippen LogP contribution in [0, 0.1) is 99.0 Å². The molecule has 6 radical (unpaired) electrons. The Bertz CT molecular complexity index is 4510. The van der Waals surface area contributed by atoms with E-state index in [0.29, 0.717) is 40.3 Å². The molecule has 6 heterocycles. The maximum absolute atomic E-state index is 13.4. The average Bonchev–Trinajstić information content (AvgIpc) is 0.788. The summed E-state index contributed by atoms with van der Waals surface area (Å²) in [5.74, 6) is -3.32. The number of ether oxygens (including phenoxy) is 1. The van der Waals surface area contributed by atoms with Gasteiger partial charge in [-0.05, 0) is 102 Å². The van der Waals surface area contributed by atoms with Crippen LogP contribution in [0.2, 0.25) is 0 Å². The van der Waals surface area contributed by atoms with Crippen LogP contribution in [0.4, 0.5) is 65.9 Å². The van der Waals surface area contributed by atoms with Gasteiger partial charge in [-0.15, -0.1) is 125 Å². The van der Waals surface area contributed by atoms with Gasteiger partial charge in [0.15, 0.2) is 0 Å². The molecule has 0 saturated heterocycles. The smallest absolute Gasteiger partial charge is 0.402 e. The maximum atomic E-state index is 13.4. The molecule has 28 heteroatoms. The van der Waals surface area contributed by atoms with Gasteiger partial charge in [0, 0.05) is 204 Å². The summed E-state index contributed by atoms with van der Waals surface area (Å²) in [4.78, 5) is 24.1. The Morgan fingerprint density at radius 2 is 0.716 bits per heavy atom. The molecule has 6 aromatic heterocycles. The minimum atomic E-state index is -4.93. The van der Waals surface area contributed by atoms with Crippen LogP contribution >= 0.6 is 0 Å². The van der Waals surface area contributed by atoms with Crippen molar-refractivity contribution in [3.63, 3.8) is 0 Å². The van der Waals surface area contributed by atoms with Crippen molar-refractivity contribution >= 4 is 0 Å². The third-order valence-corrected chi connectivity index (χ3v) is 12.9. The number of nitrogens with zero attached hydrogens (tertiary/aromatic N) is 6. The quantitative estimate of drug-likeness (QED) is 0.116. The van der Waals surface area contributed by atoms with Crippen molar-refractivity contribution < 1.29 is 191 Å². The molecule has 0 fully saturated rings. The fraction of sp³-hybridized carbons (Fsp3) is 0.108. The van der Waals surface area contributed by atoms with E-state index >= 15 is 0 Å². The molecule has 7 nitrogen and oxygen atoms in total. The van der Waals surface area contributed by atoms with Crippen LogP contribution < -0.4 is 4.74 Å². The van der Waals surface area contributed by atoms with Crippen molar-refractivity contribution in [2.45, 2.75) is 46.2 Å². The van der Waals surface area contributed by atoms with Gasteiger partial charge in [-0.25, -0.2) is 0 Å². The first-order valence-electron chi connectivity index (χ1n) is 28.1. The molecule has 0 atom stereocenters. The zero-order valence-corrected chi connectivity index (χ0v) is 67.3. The van der Waals surface area contributed by atoms with Crippen molar-refractivity contribution in [3.8, 4) is 73.3 Å². The SMILES string of the molecule is COc1c[c-]c(-c2ccccn2)cc1.Cc1cc(-c2ccccn2)[c-]cc1F.Cc1ccnc(-c2[c-]cc(C(F)(F)F)cc2C(F)(F)F)c1.Cc1ccnc(-c2[c-]cc(F)c(C(F)(F)F)c2)c1.Cc1ccnc(-c2[c-]cc(F)cc2F)c1.Fc1c[c-]c(-c2ccccn2)c(F)c1.[Ir].[Ir].[Ir].[Ir].[Ir].[Ir]. The largest absolute Gasteiger partial charge is 0.540 e. The summed E-state index contributed by atoms with van der Waals surface area (Å²) in [6.07, 6.45) is -5.14. The third-order valence-electron chi connectivity index (χ3n) is 12.9. The molecule has 0 aliphatic carbocycles. The second-order valence-electron chi connectivity index (χ2n) is 20.2. The van der Waals surface area contributed by atoms with Crippen molar-refractivity contribution in [3.05, 3.63) is 317 Å². The van der Waals surface area contributed by atoms with Gasteiger partial charge >= 0.3 is 18.5 Å². The number of hydrogen-bond donors (Lipinski definition) is 0. The van der Waals surface area contributed by atoms with Gasteiger partial charge in [-0.2, -0.15) is 39.5 Å². The van der Waals surface area contributed by atoms with Crippen LogP contribution in [0.1, 0.15) is 38.9 Å². The van der Waals surface area contributed by atoms with Crippen LogP contribution in [0.3, 0.4) is 0 Å². The molecule has 12 rings (SSSR count). The molecule has 102 heavy (non-hydrogen) atoms. The van der Waals surface area contributed by atoms with Gasteiger partial charge < -0.3 is 34.6 Å². The van der Waals surface area contributed by atoms with Crippen LogP contribution in [-0.2, 0) is 139 Å². The van der Waals surface area contributed by atoms with Crippen molar-refractivity contribution in [1.82, 2.24) is 29.9 Å². The minimum absolute atomic E-state index is 0. The molecule has 0 bridgehead atoms. The Balaban J connectivity index is 0.000000608. The van der Waals surface area contributed by atoms with Crippen molar-refractivity contribution in [2.75, 3.05) is 7.11 Å². The fourth-order valence-electron chi connectivity index (χ4n) is 8.23. The number of benzene rings is 6. The number of pyridine rings is 6. The number of alkyl halides is 9. The predicted octanol–water partition coefficient (Wildman–Crippen LogP) is 20.4. The molecule has 0 amide bonds. The first-order valence-corrected chi connectivity index (χ1v) is 28.1. The van der Waals surface area contributed by atoms with Crippen LogP contribution in [0.15, 0.2) is 207 Å². The average molecular weight is 2480 g/mol. The molecule has 0 N–H and O–H groups in total. The molecule has 0 spiro atoms. The van der Waals surface area contributed by atoms with E-state index in [4.69, 9.17) is 4.74 Å². The monoisotopic (exact) mass is 2480 g/mol. The Labute approximate surface area is 659 Å². The molecule has 0 aliphatic heterocycles. The van der Waals surface area contributed by atoms with E-state index < -0.39 is 69.9 Å². The number of methoxy groups -OCH3 is 1. The molecule has 0 unspecified atom stereocenters. The third kappa shape index (κ3) is 28.5.